The molecule has 0 bridgehead atoms. The average molecular weight is 393 g/mol. The smallest absolute Gasteiger partial charge is 0.106 e. The fraction of sp³-hybridized carbons (Fsp3) is 0.962. The van der Waals surface area contributed by atoms with Gasteiger partial charge < -0.3 is 9.90 Å². The Hall–Kier alpha value is -0.370. The van der Waals surface area contributed by atoms with Crippen LogP contribution in [0.15, 0.2) is 0 Å². The number of hydrogen-bond donors (Lipinski definition) is 1. The first-order valence-corrected chi connectivity index (χ1v) is 12.5. The van der Waals surface area contributed by atoms with E-state index in [1.54, 1.807) is 0 Å². The van der Waals surface area contributed by atoms with Gasteiger partial charge in [0.2, 0.25) is 0 Å². The molecule has 0 radical (unpaired) electrons. The van der Waals surface area contributed by atoms with Crippen LogP contribution < -0.4 is 0 Å². The predicted molar refractivity (Wildman–Crippen MR) is 119 cm³/mol. The van der Waals surface area contributed by atoms with E-state index < -0.39 is 0 Å². The zero-order valence-electron chi connectivity index (χ0n) is 19.5. The number of unbranched alkanes of at least 4 members (excludes halogenated alkanes) is 1. The van der Waals surface area contributed by atoms with Gasteiger partial charge in [-0.05, 0) is 91.8 Å². The van der Waals surface area contributed by atoms with Crippen LogP contribution in [0.25, 0.3) is 0 Å². The summed E-state index contributed by atoms with van der Waals surface area (Å²) < 4.78 is 0. The lowest BCUT2D eigenvalue weighted by atomic mass is 9.44. The molecule has 1 N–H and O–H groups in total. The second-order valence-corrected chi connectivity index (χ2v) is 10.5. The van der Waals surface area contributed by atoms with Crippen LogP contribution in [0, 0.1) is 40.4 Å². The molecule has 2 nitrogen and oxygen atoms in total. The third-order valence-electron chi connectivity index (χ3n) is 9.70. The number of hydrogen-bond acceptors (Lipinski definition) is 2. The lowest BCUT2D eigenvalue weighted by molar-refractivity contribution is -0.162. The minimum absolute atomic E-state index is 0.000671. The molecule has 4 rings (SSSR count). The van der Waals surface area contributed by atoms with Gasteiger partial charge in [-0.25, -0.2) is 0 Å². The fourth-order valence-corrected chi connectivity index (χ4v) is 8.29. The van der Waals surface area contributed by atoms with Crippen molar-refractivity contribution in [2.24, 2.45) is 40.4 Å². The number of aliphatic hydroxyl groups is 1. The van der Waals surface area contributed by atoms with Crippen molar-refractivity contribution in [3.63, 3.8) is 0 Å². The summed E-state index contributed by atoms with van der Waals surface area (Å²) in [5.41, 5.74) is 1.08. The zero-order valence-corrected chi connectivity index (χ0v) is 19.5. The van der Waals surface area contributed by atoms with E-state index in [2.05, 4.69) is 20.8 Å². The molecule has 0 amide bonds. The molecule has 164 valence electrons. The van der Waals surface area contributed by atoms with Crippen molar-refractivity contribution in [3.05, 3.63) is 0 Å². The van der Waals surface area contributed by atoms with E-state index in [0.717, 1.165) is 30.1 Å². The molecule has 2 heteroatoms. The highest BCUT2D eigenvalue weighted by molar-refractivity contribution is 5.11. The van der Waals surface area contributed by atoms with E-state index in [0.29, 0.717) is 16.7 Å². The third-order valence-corrected chi connectivity index (χ3v) is 9.70. The van der Waals surface area contributed by atoms with E-state index in [-0.39, 0.29) is 6.10 Å². The van der Waals surface area contributed by atoms with E-state index in [4.69, 9.17) is 4.79 Å². The average Bonchev–Trinajstić information content (AvgIpc) is 3.06. The number of fused-ring (bicyclic) bond motifs is 5. The molecular weight excluding hydrogens is 344 g/mol. The second-order valence-electron chi connectivity index (χ2n) is 10.5. The summed E-state index contributed by atoms with van der Waals surface area (Å²) in [6.45, 7) is 13.6. The predicted octanol–water partition coefficient (Wildman–Crippen LogP) is 7.04. The van der Waals surface area contributed by atoms with Crippen LogP contribution in [0.1, 0.15) is 112 Å². The van der Waals surface area contributed by atoms with Gasteiger partial charge >= 0.3 is 0 Å². The van der Waals surface area contributed by atoms with Gasteiger partial charge in [0.15, 0.2) is 0 Å². The van der Waals surface area contributed by atoms with Gasteiger partial charge in [0, 0.05) is 0 Å². The summed E-state index contributed by atoms with van der Waals surface area (Å²) in [7, 11) is 0. The first kappa shape index (κ1) is 23.9. The summed E-state index contributed by atoms with van der Waals surface area (Å²) in [6, 6.07) is 0. The number of rotatable bonds is 3. The van der Waals surface area contributed by atoms with Crippen LogP contribution in [-0.2, 0) is 4.79 Å². The molecule has 4 aliphatic rings. The molecule has 4 fully saturated rings. The van der Waals surface area contributed by atoms with E-state index in [9.17, 15) is 5.11 Å². The van der Waals surface area contributed by atoms with Crippen LogP contribution >= 0.6 is 0 Å². The molecular formula is C26H48O2. The van der Waals surface area contributed by atoms with Gasteiger partial charge in [-0.1, -0.05) is 60.3 Å². The maximum Gasteiger partial charge on any atom is 0.106 e. The van der Waals surface area contributed by atoms with Crippen LogP contribution in [0.3, 0.4) is 0 Å². The molecule has 0 heterocycles. The molecule has 4 saturated carbocycles. The molecule has 4 aliphatic carbocycles. The lowest BCUT2D eigenvalue weighted by Gasteiger charge is -2.62. The van der Waals surface area contributed by atoms with E-state index in [1.165, 1.54) is 70.6 Å². The monoisotopic (exact) mass is 392 g/mol. The van der Waals surface area contributed by atoms with E-state index in [1.807, 2.05) is 20.6 Å². The molecule has 0 aliphatic heterocycles. The van der Waals surface area contributed by atoms with Crippen molar-refractivity contribution in [1.82, 2.24) is 0 Å². The molecule has 8 unspecified atom stereocenters. The highest BCUT2D eigenvalue weighted by Crippen LogP contribution is 2.67. The van der Waals surface area contributed by atoms with Gasteiger partial charge in [-0.2, -0.15) is 0 Å². The maximum atomic E-state index is 11.2. The van der Waals surface area contributed by atoms with Crippen molar-refractivity contribution in [2.75, 3.05) is 0 Å². The Bertz CT molecular complexity index is 477. The molecule has 0 aromatic carbocycles. The van der Waals surface area contributed by atoms with Crippen molar-refractivity contribution < 1.29 is 9.90 Å². The molecule has 0 aromatic rings. The summed E-state index contributed by atoms with van der Waals surface area (Å²) in [6.07, 6.45) is 16.7. The quantitative estimate of drug-likeness (QED) is 0.559. The molecule has 28 heavy (non-hydrogen) atoms. The van der Waals surface area contributed by atoms with Crippen molar-refractivity contribution in [2.45, 2.75) is 118 Å². The minimum atomic E-state index is 0.000671. The van der Waals surface area contributed by atoms with Crippen molar-refractivity contribution in [3.8, 4) is 0 Å². The lowest BCUT2D eigenvalue weighted by Crippen LogP contribution is -2.57. The first-order valence-electron chi connectivity index (χ1n) is 12.5. The zero-order chi connectivity index (χ0) is 20.9. The Kier molecular flexibility index (Phi) is 8.62. The Morgan fingerprint density at radius 3 is 2.29 bits per heavy atom. The molecule has 0 saturated heterocycles. The van der Waals surface area contributed by atoms with Crippen LogP contribution in [0.4, 0.5) is 0 Å². The van der Waals surface area contributed by atoms with Gasteiger partial charge in [-0.3, -0.25) is 0 Å². The maximum absolute atomic E-state index is 11.2. The SMILES string of the molecule is C=O.CC.CCCCC1CCC2C3C(O)CC4CCCCC4(C)C3CCC12C. The minimum Gasteiger partial charge on any atom is -0.393 e. The normalized spacial score (nSPS) is 46.6. The number of aliphatic hydroxyl groups excluding tert-OH is 1. The number of carbonyl (C=O) groups excluding carboxylic acids is 1. The Morgan fingerprint density at radius 1 is 0.929 bits per heavy atom. The van der Waals surface area contributed by atoms with Gasteiger partial charge in [0.05, 0.1) is 6.10 Å². The van der Waals surface area contributed by atoms with Gasteiger partial charge in [0.25, 0.3) is 0 Å². The summed E-state index contributed by atoms with van der Waals surface area (Å²) in [4.78, 5) is 8.00. The van der Waals surface area contributed by atoms with Crippen molar-refractivity contribution in [1.29, 1.82) is 0 Å². The highest BCUT2D eigenvalue weighted by Gasteiger charge is 2.61. The molecule has 0 spiro atoms. The van der Waals surface area contributed by atoms with Crippen molar-refractivity contribution >= 4 is 6.79 Å². The summed E-state index contributed by atoms with van der Waals surface area (Å²) in [5, 5.41) is 11.2. The summed E-state index contributed by atoms with van der Waals surface area (Å²) in [5.74, 6) is 3.99. The first-order chi connectivity index (χ1) is 13.5. The van der Waals surface area contributed by atoms with Gasteiger partial charge in [0.1, 0.15) is 6.79 Å². The van der Waals surface area contributed by atoms with Gasteiger partial charge in [-0.15, -0.1) is 0 Å². The topological polar surface area (TPSA) is 37.3 Å². The summed E-state index contributed by atoms with van der Waals surface area (Å²) >= 11 is 0. The number of carbonyl (C=O) groups is 1. The third kappa shape index (κ3) is 3.96. The second kappa shape index (κ2) is 10.1. The van der Waals surface area contributed by atoms with Crippen LogP contribution in [-0.4, -0.2) is 18.0 Å². The highest BCUT2D eigenvalue weighted by atomic mass is 16.3. The molecule has 0 aromatic heterocycles. The Labute approximate surface area is 175 Å². The largest absolute Gasteiger partial charge is 0.393 e. The van der Waals surface area contributed by atoms with E-state index >= 15 is 0 Å². The molecule has 8 atom stereocenters. The fourth-order valence-electron chi connectivity index (χ4n) is 8.29. The van der Waals surface area contributed by atoms with Crippen LogP contribution in [0.5, 0.6) is 0 Å². The Balaban J connectivity index is 0.000000660. The standard InChI is InChI=1S/C23H40O.C2H6.CH2O/c1-4-5-8-16-10-11-18-21-19(12-14-23(16,18)3)22(2)13-7-6-9-17(22)15-20(21)24;2*1-2/h16-21,24H,4-15H2,1-3H3;1-2H3;1H2. The van der Waals surface area contributed by atoms with Crippen LogP contribution in [0.2, 0.25) is 0 Å². The Morgan fingerprint density at radius 2 is 1.61 bits per heavy atom.